The van der Waals surface area contributed by atoms with E-state index in [2.05, 4.69) is 0 Å². The fourth-order valence-corrected chi connectivity index (χ4v) is 2.43. The Morgan fingerprint density at radius 1 is 1.19 bits per heavy atom. The van der Waals surface area contributed by atoms with Crippen molar-refractivity contribution in [2.24, 2.45) is 0 Å². The molecule has 0 radical (unpaired) electrons. The minimum absolute atomic E-state index is 0.0171. The van der Waals surface area contributed by atoms with E-state index < -0.39 is 0 Å². The number of anilines is 1. The summed E-state index contributed by atoms with van der Waals surface area (Å²) in [6, 6.07) is 12.9. The topological polar surface area (TPSA) is 46.3 Å². The van der Waals surface area contributed by atoms with Crippen LogP contribution in [0.2, 0.25) is 5.02 Å². The molecule has 0 saturated carbocycles. The van der Waals surface area contributed by atoms with E-state index in [0.717, 1.165) is 16.8 Å². The number of hydrogen-bond donors (Lipinski definition) is 1. The van der Waals surface area contributed by atoms with Crippen LogP contribution in [0.3, 0.4) is 0 Å². The number of benzene rings is 2. The van der Waals surface area contributed by atoms with E-state index in [4.69, 9.17) is 17.3 Å². The first-order valence-corrected chi connectivity index (χ1v) is 7.29. The van der Waals surface area contributed by atoms with Gasteiger partial charge in [0, 0.05) is 29.4 Å². The number of rotatable bonds is 4. The van der Waals surface area contributed by atoms with E-state index in [1.54, 1.807) is 12.1 Å². The number of nitrogens with zero attached hydrogens (tertiary/aromatic N) is 1. The van der Waals surface area contributed by atoms with Crippen molar-refractivity contribution in [2.45, 2.75) is 20.4 Å². The minimum Gasteiger partial charge on any atom is -0.399 e. The van der Waals surface area contributed by atoms with Crippen molar-refractivity contribution < 1.29 is 4.79 Å². The van der Waals surface area contributed by atoms with Crippen molar-refractivity contribution in [1.82, 2.24) is 4.90 Å². The summed E-state index contributed by atoms with van der Waals surface area (Å²) in [5.74, 6) is 0.0171. The smallest absolute Gasteiger partial charge is 0.254 e. The number of aryl methyl sites for hydroxylation is 1. The molecule has 0 unspecified atom stereocenters. The molecule has 2 N–H and O–H groups in total. The molecule has 2 aromatic carbocycles. The number of carbonyl (C=O) groups is 1. The lowest BCUT2D eigenvalue weighted by atomic mass is 10.1. The standard InChI is InChI=1S/C17H19ClN2O/c1-3-20(11-13-4-7-15(19)8-5-13)17(21)16-9-6-14(18)10-12(16)2/h4-10H,3,11,19H2,1-2H3. The van der Waals surface area contributed by atoms with Crippen LogP contribution in [0.5, 0.6) is 0 Å². The third-order valence-electron chi connectivity index (χ3n) is 3.44. The third kappa shape index (κ3) is 3.76. The molecule has 0 aromatic heterocycles. The summed E-state index contributed by atoms with van der Waals surface area (Å²) in [7, 11) is 0. The van der Waals surface area contributed by atoms with E-state index in [0.29, 0.717) is 23.7 Å². The van der Waals surface area contributed by atoms with E-state index in [9.17, 15) is 4.79 Å². The molecule has 0 fully saturated rings. The van der Waals surface area contributed by atoms with Crippen LogP contribution in [0.25, 0.3) is 0 Å². The zero-order valence-electron chi connectivity index (χ0n) is 12.3. The fourth-order valence-electron chi connectivity index (χ4n) is 2.21. The average molecular weight is 303 g/mol. The molecule has 2 aromatic rings. The first-order chi connectivity index (χ1) is 10.0. The van der Waals surface area contributed by atoms with Crippen LogP contribution in [0.1, 0.15) is 28.4 Å². The van der Waals surface area contributed by atoms with Gasteiger partial charge in [-0.05, 0) is 55.3 Å². The maximum absolute atomic E-state index is 12.6. The lowest BCUT2D eigenvalue weighted by molar-refractivity contribution is 0.0752. The molecule has 110 valence electrons. The molecular formula is C17H19ClN2O. The maximum Gasteiger partial charge on any atom is 0.254 e. The Morgan fingerprint density at radius 3 is 2.43 bits per heavy atom. The second-order valence-corrected chi connectivity index (χ2v) is 5.46. The van der Waals surface area contributed by atoms with Gasteiger partial charge in [0.25, 0.3) is 5.91 Å². The van der Waals surface area contributed by atoms with Crippen LogP contribution in [0.15, 0.2) is 42.5 Å². The zero-order chi connectivity index (χ0) is 15.4. The Bertz CT molecular complexity index is 638. The van der Waals surface area contributed by atoms with Gasteiger partial charge in [-0.25, -0.2) is 0 Å². The van der Waals surface area contributed by atoms with Crippen molar-refractivity contribution >= 4 is 23.2 Å². The monoisotopic (exact) mass is 302 g/mol. The molecule has 0 saturated heterocycles. The second kappa shape index (κ2) is 6.64. The molecule has 0 heterocycles. The molecule has 0 aliphatic rings. The van der Waals surface area contributed by atoms with Crippen molar-refractivity contribution in [1.29, 1.82) is 0 Å². The molecule has 0 aliphatic heterocycles. The highest BCUT2D eigenvalue weighted by molar-refractivity contribution is 6.30. The number of nitrogen functional groups attached to an aromatic ring is 1. The first-order valence-electron chi connectivity index (χ1n) is 6.91. The summed E-state index contributed by atoms with van der Waals surface area (Å²) in [5, 5.41) is 0.644. The third-order valence-corrected chi connectivity index (χ3v) is 3.68. The highest BCUT2D eigenvalue weighted by Crippen LogP contribution is 2.18. The Kier molecular flexibility index (Phi) is 4.86. The van der Waals surface area contributed by atoms with Crippen LogP contribution < -0.4 is 5.73 Å². The number of amides is 1. The molecule has 0 atom stereocenters. The lowest BCUT2D eigenvalue weighted by Crippen LogP contribution is -2.30. The number of carbonyl (C=O) groups excluding carboxylic acids is 1. The predicted octanol–water partition coefficient (Wildman–Crippen LogP) is 3.89. The van der Waals surface area contributed by atoms with Crippen molar-refractivity contribution in [3.63, 3.8) is 0 Å². The van der Waals surface area contributed by atoms with Gasteiger partial charge >= 0.3 is 0 Å². The van der Waals surface area contributed by atoms with Crippen LogP contribution in [0.4, 0.5) is 5.69 Å². The van der Waals surface area contributed by atoms with Crippen LogP contribution in [-0.2, 0) is 6.54 Å². The van der Waals surface area contributed by atoms with Crippen LogP contribution in [-0.4, -0.2) is 17.4 Å². The van der Waals surface area contributed by atoms with Crippen LogP contribution >= 0.6 is 11.6 Å². The Labute approximate surface area is 130 Å². The predicted molar refractivity (Wildman–Crippen MR) is 87.5 cm³/mol. The van der Waals surface area contributed by atoms with Gasteiger partial charge in [0.1, 0.15) is 0 Å². The van der Waals surface area contributed by atoms with Gasteiger partial charge in [0.15, 0.2) is 0 Å². The van der Waals surface area contributed by atoms with E-state index in [1.165, 1.54) is 0 Å². The quantitative estimate of drug-likeness (QED) is 0.871. The molecule has 21 heavy (non-hydrogen) atoms. The van der Waals surface area contributed by atoms with Gasteiger partial charge in [0.05, 0.1) is 0 Å². The van der Waals surface area contributed by atoms with Gasteiger partial charge in [-0.3, -0.25) is 4.79 Å². The first kappa shape index (κ1) is 15.4. The fraction of sp³-hybridized carbons (Fsp3) is 0.235. The average Bonchev–Trinajstić information content (AvgIpc) is 2.46. The summed E-state index contributed by atoms with van der Waals surface area (Å²) >= 11 is 5.94. The van der Waals surface area contributed by atoms with E-state index in [-0.39, 0.29) is 5.91 Å². The molecule has 2 rings (SSSR count). The van der Waals surface area contributed by atoms with Crippen molar-refractivity contribution in [3.8, 4) is 0 Å². The van der Waals surface area contributed by atoms with Gasteiger partial charge in [0.2, 0.25) is 0 Å². The molecular weight excluding hydrogens is 284 g/mol. The molecule has 0 aliphatic carbocycles. The number of hydrogen-bond acceptors (Lipinski definition) is 2. The van der Waals surface area contributed by atoms with Gasteiger partial charge in [-0.15, -0.1) is 0 Å². The normalized spacial score (nSPS) is 10.4. The summed E-state index contributed by atoms with van der Waals surface area (Å²) in [5.41, 5.74) is 9.05. The molecule has 0 bridgehead atoms. The van der Waals surface area contributed by atoms with Gasteiger partial charge < -0.3 is 10.6 Å². The Hall–Kier alpha value is -2.00. The summed E-state index contributed by atoms with van der Waals surface area (Å²) in [4.78, 5) is 14.4. The van der Waals surface area contributed by atoms with Crippen molar-refractivity contribution in [2.75, 3.05) is 12.3 Å². The molecule has 4 heteroatoms. The highest BCUT2D eigenvalue weighted by Gasteiger charge is 2.16. The second-order valence-electron chi connectivity index (χ2n) is 5.02. The molecule has 3 nitrogen and oxygen atoms in total. The van der Waals surface area contributed by atoms with Gasteiger partial charge in [-0.2, -0.15) is 0 Å². The summed E-state index contributed by atoms with van der Waals surface area (Å²) in [6.45, 7) is 5.08. The van der Waals surface area contributed by atoms with E-state index >= 15 is 0 Å². The minimum atomic E-state index is 0.0171. The molecule has 0 spiro atoms. The Balaban J connectivity index is 2.20. The SMILES string of the molecule is CCN(Cc1ccc(N)cc1)C(=O)c1ccc(Cl)cc1C. The summed E-state index contributed by atoms with van der Waals surface area (Å²) in [6.07, 6.45) is 0. The number of nitrogens with two attached hydrogens (primary N) is 1. The van der Waals surface area contributed by atoms with Gasteiger partial charge in [-0.1, -0.05) is 23.7 Å². The zero-order valence-corrected chi connectivity index (χ0v) is 13.0. The largest absolute Gasteiger partial charge is 0.399 e. The Morgan fingerprint density at radius 2 is 1.86 bits per heavy atom. The summed E-state index contributed by atoms with van der Waals surface area (Å²) < 4.78 is 0. The molecule has 1 amide bonds. The van der Waals surface area contributed by atoms with Crippen molar-refractivity contribution in [3.05, 3.63) is 64.2 Å². The highest BCUT2D eigenvalue weighted by atomic mass is 35.5. The van der Waals surface area contributed by atoms with Crippen LogP contribution in [0, 0.1) is 6.92 Å². The lowest BCUT2D eigenvalue weighted by Gasteiger charge is -2.22. The number of halogens is 1. The van der Waals surface area contributed by atoms with E-state index in [1.807, 2.05) is 49.1 Å². The maximum atomic E-state index is 12.6.